The first kappa shape index (κ1) is 10.8. The molecular weight excluding hydrogens is 185 g/mol. The van der Waals surface area contributed by atoms with Gasteiger partial charge in [-0.05, 0) is 12.1 Å². The largest absolute Gasteiger partial charge is 0.566 e. The Balaban J connectivity index is 3.17. The van der Waals surface area contributed by atoms with Crippen molar-refractivity contribution in [2.75, 3.05) is 14.2 Å². The van der Waals surface area contributed by atoms with Gasteiger partial charge in [0.05, 0.1) is 14.2 Å². The van der Waals surface area contributed by atoms with Crippen molar-refractivity contribution in [1.29, 1.82) is 0 Å². The van der Waals surface area contributed by atoms with Crippen molar-refractivity contribution in [3.05, 3.63) is 18.2 Å². The average Bonchev–Trinajstić information content (AvgIpc) is 2.15. The monoisotopic (exact) mass is 198 g/mol. The first-order chi connectivity index (χ1) is 6.47. The molecule has 0 heterocycles. The zero-order chi connectivity index (χ0) is 10.8. The van der Waals surface area contributed by atoms with Crippen LogP contribution in [0, 0.1) is 0 Å². The van der Waals surface area contributed by atoms with Crippen molar-refractivity contribution in [2.24, 2.45) is 5.64 Å². The molecular formula is C8H13BNO4-. The van der Waals surface area contributed by atoms with Crippen LogP contribution in [0.1, 0.15) is 0 Å². The molecule has 0 bridgehead atoms. The van der Waals surface area contributed by atoms with Gasteiger partial charge >= 0.3 is 6.69 Å². The SMILES string of the molecule is COc1cc(OC)cc([B-](N)(O)O)c1. The molecule has 6 heteroatoms. The molecule has 0 spiro atoms. The first-order valence-electron chi connectivity index (χ1n) is 4.10. The van der Waals surface area contributed by atoms with Crippen molar-refractivity contribution in [3.63, 3.8) is 0 Å². The van der Waals surface area contributed by atoms with Crippen LogP contribution >= 0.6 is 0 Å². The van der Waals surface area contributed by atoms with Gasteiger partial charge in [-0.2, -0.15) is 0 Å². The number of ether oxygens (including phenoxy) is 2. The topological polar surface area (TPSA) is 84.9 Å². The van der Waals surface area contributed by atoms with E-state index in [1.54, 1.807) is 6.07 Å². The minimum Gasteiger partial charge on any atom is -0.566 e. The average molecular weight is 198 g/mol. The van der Waals surface area contributed by atoms with Crippen LogP contribution in [-0.4, -0.2) is 31.0 Å². The molecule has 14 heavy (non-hydrogen) atoms. The van der Waals surface area contributed by atoms with E-state index in [2.05, 4.69) is 0 Å². The Labute approximate surface area is 82.1 Å². The molecule has 78 valence electrons. The van der Waals surface area contributed by atoms with E-state index in [1.807, 2.05) is 0 Å². The van der Waals surface area contributed by atoms with Gasteiger partial charge in [0.25, 0.3) is 0 Å². The van der Waals surface area contributed by atoms with E-state index < -0.39 is 6.69 Å². The van der Waals surface area contributed by atoms with E-state index in [-0.39, 0.29) is 5.46 Å². The molecule has 0 saturated carbocycles. The number of benzene rings is 1. The smallest absolute Gasteiger partial charge is 0.338 e. The summed E-state index contributed by atoms with van der Waals surface area (Å²) < 4.78 is 9.89. The molecule has 0 aliphatic rings. The van der Waals surface area contributed by atoms with Crippen molar-refractivity contribution in [3.8, 4) is 11.5 Å². The number of rotatable bonds is 3. The molecule has 0 fully saturated rings. The zero-order valence-electron chi connectivity index (χ0n) is 8.10. The summed E-state index contributed by atoms with van der Waals surface area (Å²) in [6.45, 7) is -3.02. The van der Waals surface area contributed by atoms with Crippen molar-refractivity contribution >= 4 is 12.1 Å². The summed E-state index contributed by atoms with van der Waals surface area (Å²) in [6, 6.07) is 4.51. The summed E-state index contributed by atoms with van der Waals surface area (Å²) >= 11 is 0. The van der Waals surface area contributed by atoms with Gasteiger partial charge in [-0.1, -0.05) is 0 Å². The molecule has 5 nitrogen and oxygen atoms in total. The van der Waals surface area contributed by atoms with Gasteiger partial charge in [-0.3, -0.25) is 0 Å². The Morgan fingerprint density at radius 3 is 1.79 bits per heavy atom. The van der Waals surface area contributed by atoms with E-state index in [1.165, 1.54) is 26.4 Å². The minimum absolute atomic E-state index is 0.168. The van der Waals surface area contributed by atoms with E-state index in [4.69, 9.17) is 15.1 Å². The Bertz CT molecular complexity index is 301. The van der Waals surface area contributed by atoms with Gasteiger partial charge in [-0.25, -0.2) is 0 Å². The highest BCUT2D eigenvalue weighted by molar-refractivity contribution is 6.75. The summed E-state index contributed by atoms with van der Waals surface area (Å²) in [5.74, 6) is 0.915. The minimum atomic E-state index is -3.02. The van der Waals surface area contributed by atoms with Gasteiger partial charge in [0.2, 0.25) is 0 Å². The number of nitrogens with two attached hydrogens (primary N) is 1. The number of hydrogen-bond acceptors (Lipinski definition) is 5. The summed E-state index contributed by atoms with van der Waals surface area (Å²) in [5.41, 5.74) is 5.33. The van der Waals surface area contributed by atoms with E-state index in [0.717, 1.165) is 0 Å². The molecule has 4 N–H and O–H groups in total. The Morgan fingerprint density at radius 1 is 1.07 bits per heavy atom. The van der Waals surface area contributed by atoms with E-state index in [9.17, 15) is 10.0 Å². The third-order valence-electron chi connectivity index (χ3n) is 1.86. The highest BCUT2D eigenvalue weighted by Gasteiger charge is 2.17. The van der Waals surface area contributed by atoms with Gasteiger partial charge in [0, 0.05) is 6.07 Å². The standard InChI is InChI=1S/C8H13BNO4/c1-13-7-3-6(9(10,11)12)4-8(5-7)14-2/h3-5,11-12H,10H2,1-2H3/q-1. The molecule has 0 amide bonds. The van der Waals surface area contributed by atoms with Crippen molar-refractivity contribution in [1.82, 2.24) is 0 Å². The third-order valence-corrected chi connectivity index (χ3v) is 1.86. The lowest BCUT2D eigenvalue weighted by Crippen LogP contribution is -2.57. The van der Waals surface area contributed by atoms with Crippen LogP contribution in [0.2, 0.25) is 0 Å². The summed E-state index contributed by atoms with van der Waals surface area (Å²) in [5, 5.41) is 18.4. The van der Waals surface area contributed by atoms with Crippen LogP contribution < -0.4 is 20.6 Å². The lowest BCUT2D eigenvalue weighted by atomic mass is 9.66. The van der Waals surface area contributed by atoms with Crippen molar-refractivity contribution in [2.45, 2.75) is 0 Å². The predicted octanol–water partition coefficient (Wildman–Crippen LogP) is -1.21. The fourth-order valence-corrected chi connectivity index (χ4v) is 1.07. The highest BCUT2D eigenvalue weighted by Crippen LogP contribution is 2.17. The quantitative estimate of drug-likeness (QED) is 0.531. The Hall–Kier alpha value is -1.24. The lowest BCUT2D eigenvalue weighted by Gasteiger charge is -2.23. The molecule has 0 radical (unpaired) electrons. The summed E-state index contributed by atoms with van der Waals surface area (Å²) in [7, 11) is 2.94. The van der Waals surface area contributed by atoms with Crippen LogP contribution in [-0.2, 0) is 0 Å². The van der Waals surface area contributed by atoms with Crippen molar-refractivity contribution < 1.29 is 19.5 Å². The Kier molecular flexibility index (Phi) is 3.00. The van der Waals surface area contributed by atoms with E-state index >= 15 is 0 Å². The maximum Gasteiger partial charge on any atom is 0.338 e. The molecule has 0 atom stereocenters. The number of methoxy groups -OCH3 is 2. The number of hydrogen-bond donors (Lipinski definition) is 3. The fraction of sp³-hybridized carbons (Fsp3) is 0.250. The third kappa shape index (κ3) is 2.38. The first-order valence-corrected chi connectivity index (χ1v) is 4.10. The Morgan fingerprint density at radius 2 is 1.50 bits per heavy atom. The van der Waals surface area contributed by atoms with E-state index in [0.29, 0.717) is 11.5 Å². The predicted molar refractivity (Wildman–Crippen MR) is 53.6 cm³/mol. The van der Waals surface area contributed by atoms with Gasteiger partial charge in [0.15, 0.2) is 0 Å². The maximum absolute atomic E-state index is 9.21. The molecule has 0 saturated heterocycles. The summed E-state index contributed by atoms with van der Waals surface area (Å²) in [4.78, 5) is 0. The van der Waals surface area contributed by atoms with Crippen LogP contribution in [0.5, 0.6) is 11.5 Å². The maximum atomic E-state index is 9.21. The van der Waals surface area contributed by atoms with Crippen LogP contribution in [0.4, 0.5) is 0 Å². The van der Waals surface area contributed by atoms with Crippen LogP contribution in [0.25, 0.3) is 0 Å². The molecule has 0 aromatic heterocycles. The summed E-state index contributed by atoms with van der Waals surface area (Å²) in [6.07, 6.45) is 0. The normalized spacial score (nSPS) is 11.2. The second-order valence-corrected chi connectivity index (χ2v) is 2.98. The van der Waals surface area contributed by atoms with Gasteiger partial charge in [-0.15, -0.1) is 5.46 Å². The molecule has 0 aliphatic heterocycles. The second-order valence-electron chi connectivity index (χ2n) is 2.98. The van der Waals surface area contributed by atoms with Gasteiger partial charge < -0.3 is 25.2 Å². The second kappa shape index (κ2) is 3.87. The zero-order valence-corrected chi connectivity index (χ0v) is 8.10. The highest BCUT2D eigenvalue weighted by atomic mass is 16.5. The fourth-order valence-electron chi connectivity index (χ4n) is 1.07. The lowest BCUT2D eigenvalue weighted by molar-refractivity contribution is 0.378. The van der Waals surface area contributed by atoms with Crippen LogP contribution in [0.15, 0.2) is 18.2 Å². The van der Waals surface area contributed by atoms with Gasteiger partial charge in [0.1, 0.15) is 11.5 Å². The molecule has 1 aromatic carbocycles. The molecule has 0 unspecified atom stereocenters. The molecule has 1 aromatic rings. The molecule has 1 rings (SSSR count). The molecule has 0 aliphatic carbocycles. The van der Waals surface area contributed by atoms with Crippen LogP contribution in [0.3, 0.4) is 0 Å².